The average molecular weight is 516 g/mol. The van der Waals surface area contributed by atoms with Gasteiger partial charge in [-0.05, 0) is 75.6 Å². The molecule has 0 unspecified atom stereocenters. The van der Waals surface area contributed by atoms with Gasteiger partial charge in [-0.3, -0.25) is 9.59 Å². The molecule has 3 rings (SSSR count). The van der Waals surface area contributed by atoms with E-state index >= 15 is 0 Å². The third-order valence-electron chi connectivity index (χ3n) is 5.30. The number of nitrogens with one attached hydrogen (secondary N) is 2. The van der Waals surface area contributed by atoms with Crippen molar-refractivity contribution in [3.8, 4) is 17.1 Å². The van der Waals surface area contributed by atoms with Gasteiger partial charge in [0.1, 0.15) is 23.0 Å². The van der Waals surface area contributed by atoms with Crippen molar-refractivity contribution < 1.29 is 31.9 Å². The normalized spacial score (nSPS) is 11.9. The Morgan fingerprint density at radius 2 is 1.78 bits per heavy atom. The average Bonchev–Trinajstić information content (AvgIpc) is 3.34. The molecule has 0 saturated heterocycles. The summed E-state index contributed by atoms with van der Waals surface area (Å²) in [6.07, 6.45) is -2.46. The van der Waals surface area contributed by atoms with Crippen molar-refractivity contribution in [3.63, 3.8) is 0 Å². The molecular formula is C27H28F3N3O4. The third kappa shape index (κ3) is 7.97. The van der Waals surface area contributed by atoms with Crippen LogP contribution in [0.25, 0.3) is 17.4 Å². The molecule has 0 aliphatic carbocycles. The van der Waals surface area contributed by atoms with Crippen LogP contribution in [0.5, 0.6) is 5.75 Å². The van der Waals surface area contributed by atoms with E-state index in [0.717, 1.165) is 18.7 Å². The van der Waals surface area contributed by atoms with Gasteiger partial charge < -0.3 is 24.7 Å². The summed E-state index contributed by atoms with van der Waals surface area (Å²) < 4.78 is 50.1. The molecule has 0 fully saturated rings. The first kappa shape index (κ1) is 27.5. The van der Waals surface area contributed by atoms with Crippen LogP contribution in [0.1, 0.15) is 28.1 Å². The molecule has 2 aromatic carbocycles. The lowest BCUT2D eigenvalue weighted by Crippen LogP contribution is -2.36. The molecule has 0 aliphatic heterocycles. The van der Waals surface area contributed by atoms with Crippen LogP contribution in [0.15, 0.2) is 70.8 Å². The largest absolute Gasteiger partial charge is 0.497 e. The van der Waals surface area contributed by atoms with Crippen molar-refractivity contribution in [3.05, 3.63) is 83.2 Å². The molecule has 1 heterocycles. The Kier molecular flexibility index (Phi) is 9.13. The molecule has 0 radical (unpaired) electrons. The smallest absolute Gasteiger partial charge is 0.416 e. The Morgan fingerprint density at radius 1 is 1.05 bits per heavy atom. The minimum absolute atomic E-state index is 0.0735. The molecule has 0 bridgehead atoms. The van der Waals surface area contributed by atoms with Crippen molar-refractivity contribution >= 4 is 17.9 Å². The van der Waals surface area contributed by atoms with Gasteiger partial charge >= 0.3 is 6.18 Å². The number of rotatable bonds is 10. The molecule has 1 aromatic heterocycles. The highest BCUT2D eigenvalue weighted by Gasteiger charge is 2.30. The van der Waals surface area contributed by atoms with Crippen LogP contribution in [-0.2, 0) is 11.0 Å². The Bertz CT molecular complexity index is 1250. The molecule has 3 aromatic rings. The van der Waals surface area contributed by atoms with E-state index in [2.05, 4.69) is 10.6 Å². The van der Waals surface area contributed by atoms with Gasteiger partial charge in [0.25, 0.3) is 11.8 Å². The molecule has 0 spiro atoms. The highest BCUT2D eigenvalue weighted by Crippen LogP contribution is 2.32. The van der Waals surface area contributed by atoms with Crippen molar-refractivity contribution in [2.45, 2.75) is 12.6 Å². The van der Waals surface area contributed by atoms with Crippen LogP contribution in [0, 0.1) is 0 Å². The van der Waals surface area contributed by atoms with Crippen LogP contribution in [0.2, 0.25) is 0 Å². The third-order valence-corrected chi connectivity index (χ3v) is 5.30. The van der Waals surface area contributed by atoms with E-state index in [-0.39, 0.29) is 22.8 Å². The van der Waals surface area contributed by atoms with Crippen LogP contribution in [0.4, 0.5) is 13.2 Å². The Balaban J connectivity index is 1.84. The van der Waals surface area contributed by atoms with E-state index in [1.807, 2.05) is 19.0 Å². The maximum Gasteiger partial charge on any atom is 0.416 e. The highest BCUT2D eigenvalue weighted by molar-refractivity contribution is 6.05. The number of furan rings is 1. The van der Waals surface area contributed by atoms with Crippen molar-refractivity contribution in [2.75, 3.05) is 34.3 Å². The molecular weight excluding hydrogens is 487 g/mol. The van der Waals surface area contributed by atoms with Gasteiger partial charge in [-0.1, -0.05) is 12.1 Å². The van der Waals surface area contributed by atoms with Gasteiger partial charge in [-0.25, -0.2) is 0 Å². The lowest BCUT2D eigenvalue weighted by molar-refractivity contribution is -0.137. The summed E-state index contributed by atoms with van der Waals surface area (Å²) in [5.41, 5.74) is -0.346. The number of hydrogen-bond donors (Lipinski definition) is 2. The highest BCUT2D eigenvalue weighted by atomic mass is 19.4. The first-order valence-corrected chi connectivity index (χ1v) is 11.4. The maximum atomic E-state index is 13.1. The summed E-state index contributed by atoms with van der Waals surface area (Å²) in [6, 6.07) is 14.1. The predicted octanol–water partition coefficient (Wildman–Crippen LogP) is 4.81. The topological polar surface area (TPSA) is 83.8 Å². The number of alkyl halides is 3. The number of nitrogens with zero attached hydrogens (tertiary/aromatic N) is 1. The number of ether oxygens (including phenoxy) is 1. The minimum atomic E-state index is -4.49. The van der Waals surface area contributed by atoms with Crippen LogP contribution >= 0.6 is 0 Å². The molecule has 2 N–H and O–H groups in total. The van der Waals surface area contributed by atoms with Gasteiger partial charge in [0.15, 0.2) is 0 Å². The summed E-state index contributed by atoms with van der Waals surface area (Å²) >= 11 is 0. The molecule has 2 amide bonds. The van der Waals surface area contributed by atoms with E-state index in [9.17, 15) is 22.8 Å². The van der Waals surface area contributed by atoms with Gasteiger partial charge in [0, 0.05) is 23.7 Å². The Hall–Kier alpha value is -4.05. The monoisotopic (exact) mass is 515 g/mol. The summed E-state index contributed by atoms with van der Waals surface area (Å²) in [4.78, 5) is 27.7. The summed E-state index contributed by atoms with van der Waals surface area (Å²) in [6.45, 7) is 1.14. The number of methoxy groups -OCH3 is 1. The number of amides is 2. The van der Waals surface area contributed by atoms with Gasteiger partial charge in [0.2, 0.25) is 0 Å². The first-order chi connectivity index (χ1) is 17.6. The van der Waals surface area contributed by atoms with Crippen molar-refractivity contribution in [2.24, 2.45) is 0 Å². The lowest BCUT2D eigenvalue weighted by atomic mass is 10.1. The zero-order chi connectivity index (χ0) is 27.0. The van der Waals surface area contributed by atoms with E-state index in [1.165, 1.54) is 37.5 Å². The quantitative estimate of drug-likeness (QED) is 0.299. The Morgan fingerprint density at radius 3 is 2.43 bits per heavy atom. The predicted molar refractivity (Wildman–Crippen MR) is 134 cm³/mol. The van der Waals surface area contributed by atoms with E-state index < -0.39 is 23.6 Å². The van der Waals surface area contributed by atoms with Gasteiger partial charge in [-0.2, -0.15) is 13.2 Å². The van der Waals surface area contributed by atoms with E-state index in [0.29, 0.717) is 24.3 Å². The SMILES string of the molecule is COc1ccc(C(=O)N/C(=C\c2ccc(-c3cccc(C(F)(F)F)c3)o2)C(=O)NCCCN(C)C)cc1. The maximum absolute atomic E-state index is 13.1. The van der Waals surface area contributed by atoms with Crippen LogP contribution < -0.4 is 15.4 Å². The molecule has 196 valence electrons. The molecule has 0 aliphatic rings. The molecule has 0 atom stereocenters. The fourth-order valence-corrected chi connectivity index (χ4v) is 3.36. The summed E-state index contributed by atoms with van der Waals surface area (Å²) in [5, 5.41) is 5.36. The number of carbonyl (C=O) groups is 2. The van der Waals surface area contributed by atoms with Gasteiger partial charge in [-0.15, -0.1) is 0 Å². The second-order valence-corrected chi connectivity index (χ2v) is 8.43. The minimum Gasteiger partial charge on any atom is -0.497 e. The second kappa shape index (κ2) is 12.3. The summed E-state index contributed by atoms with van der Waals surface area (Å²) in [5.74, 6) is -0.117. The summed E-state index contributed by atoms with van der Waals surface area (Å²) in [7, 11) is 5.34. The number of benzene rings is 2. The van der Waals surface area contributed by atoms with E-state index in [1.54, 1.807) is 24.3 Å². The fraction of sp³-hybridized carbons (Fsp3) is 0.259. The molecule has 37 heavy (non-hydrogen) atoms. The standard InChI is InChI=1S/C27H28F3N3O4/c1-33(2)15-5-14-31-26(35)23(32-25(34)18-8-10-21(36-3)11-9-18)17-22-12-13-24(37-22)19-6-4-7-20(16-19)27(28,29)30/h4,6-13,16-17H,5,14-15H2,1-3H3,(H,31,35)(H,32,34)/b23-17-. The molecule has 0 saturated carbocycles. The number of hydrogen-bond acceptors (Lipinski definition) is 5. The fourth-order valence-electron chi connectivity index (χ4n) is 3.36. The lowest BCUT2D eigenvalue weighted by Gasteiger charge is -2.12. The number of halogens is 3. The Labute approximate surface area is 212 Å². The molecule has 7 nitrogen and oxygen atoms in total. The zero-order valence-corrected chi connectivity index (χ0v) is 20.7. The first-order valence-electron chi connectivity index (χ1n) is 11.4. The van der Waals surface area contributed by atoms with Gasteiger partial charge in [0.05, 0.1) is 12.7 Å². The number of carbonyl (C=O) groups excluding carboxylic acids is 2. The zero-order valence-electron chi connectivity index (χ0n) is 20.7. The molecule has 10 heteroatoms. The van der Waals surface area contributed by atoms with E-state index in [4.69, 9.17) is 9.15 Å². The second-order valence-electron chi connectivity index (χ2n) is 8.43. The van der Waals surface area contributed by atoms with Crippen LogP contribution in [-0.4, -0.2) is 51.0 Å². The van der Waals surface area contributed by atoms with Crippen molar-refractivity contribution in [1.29, 1.82) is 0 Å². The van der Waals surface area contributed by atoms with Crippen molar-refractivity contribution in [1.82, 2.24) is 15.5 Å². The van der Waals surface area contributed by atoms with Crippen LogP contribution in [0.3, 0.4) is 0 Å².